The van der Waals surface area contributed by atoms with Gasteiger partial charge in [0.2, 0.25) is 0 Å². The smallest absolute Gasteiger partial charge is 0.368 e. The average Bonchev–Trinajstić information content (AvgIpc) is 3.41. The summed E-state index contributed by atoms with van der Waals surface area (Å²) in [4.78, 5) is 12.3. The van der Waals surface area contributed by atoms with Crippen molar-refractivity contribution in [3.8, 4) is 11.4 Å². The van der Waals surface area contributed by atoms with Crippen LogP contribution in [0.4, 0.5) is 4.39 Å². The Kier molecular flexibility index (Phi) is 4.06. The molecule has 1 aromatic heterocycles. The molecule has 0 saturated heterocycles. The molecule has 1 fully saturated rings. The van der Waals surface area contributed by atoms with Gasteiger partial charge in [0.05, 0.1) is 5.69 Å². The molecular weight excluding hydrogens is 335 g/mol. The first-order chi connectivity index (χ1) is 12.5. The van der Waals surface area contributed by atoms with E-state index < -0.39 is 5.82 Å². The zero-order valence-electron chi connectivity index (χ0n) is 14.6. The number of aryl methyl sites for hydroxylation is 2. The number of benzene rings is 2. The Balaban J connectivity index is 1.73. The van der Waals surface area contributed by atoms with Crippen LogP contribution in [0.1, 0.15) is 35.4 Å². The first-order valence-electron chi connectivity index (χ1n) is 8.54. The Morgan fingerprint density at radius 1 is 1.23 bits per heavy atom. The highest BCUT2D eigenvalue weighted by Gasteiger charge is 2.28. The summed E-state index contributed by atoms with van der Waals surface area (Å²) in [5, 5.41) is 7.72. The van der Waals surface area contributed by atoms with Crippen molar-refractivity contribution in [1.29, 1.82) is 0 Å². The fourth-order valence-electron chi connectivity index (χ4n) is 3.06. The lowest BCUT2D eigenvalue weighted by Gasteiger charge is -2.15. The van der Waals surface area contributed by atoms with E-state index in [-0.39, 0.29) is 18.0 Å². The van der Waals surface area contributed by atoms with E-state index in [1.807, 2.05) is 25.1 Å². The minimum atomic E-state index is -0.396. The van der Waals surface area contributed by atoms with E-state index in [4.69, 9.17) is 4.74 Å². The van der Waals surface area contributed by atoms with Gasteiger partial charge < -0.3 is 4.74 Å². The maximum absolute atomic E-state index is 14.1. The standard InChI is InChI=1S/C19H19FN4O2/c1-12-6-9-18(16(20)10-12)26-11-15-14(13-7-8-13)4-3-5-17(15)24-19(25)23(2)21-22-24/h3-6,9-10,13H,7-8,11H2,1-2H3. The van der Waals surface area contributed by atoms with Crippen molar-refractivity contribution in [2.45, 2.75) is 32.3 Å². The molecule has 0 N–H and O–H groups in total. The number of tetrazole rings is 1. The van der Waals surface area contributed by atoms with Crippen LogP contribution in [0.2, 0.25) is 0 Å². The third kappa shape index (κ3) is 3.00. The summed E-state index contributed by atoms with van der Waals surface area (Å²) in [6.07, 6.45) is 2.20. The highest BCUT2D eigenvalue weighted by atomic mass is 19.1. The zero-order valence-corrected chi connectivity index (χ0v) is 14.6. The normalized spacial score (nSPS) is 13.8. The van der Waals surface area contributed by atoms with Gasteiger partial charge in [0.1, 0.15) is 6.61 Å². The van der Waals surface area contributed by atoms with Gasteiger partial charge in [-0.2, -0.15) is 9.36 Å². The molecule has 134 valence electrons. The fourth-order valence-corrected chi connectivity index (χ4v) is 3.06. The number of hydrogen-bond donors (Lipinski definition) is 0. The van der Waals surface area contributed by atoms with Gasteiger partial charge in [-0.15, -0.1) is 0 Å². The van der Waals surface area contributed by atoms with Crippen molar-refractivity contribution in [2.24, 2.45) is 7.05 Å². The Hall–Kier alpha value is -2.96. The Morgan fingerprint density at radius 2 is 2.04 bits per heavy atom. The largest absolute Gasteiger partial charge is 0.486 e. The molecule has 0 unspecified atom stereocenters. The van der Waals surface area contributed by atoms with Gasteiger partial charge in [0.15, 0.2) is 11.6 Å². The number of nitrogens with zero attached hydrogens (tertiary/aromatic N) is 4. The zero-order chi connectivity index (χ0) is 18.3. The van der Waals surface area contributed by atoms with Gasteiger partial charge in [-0.3, -0.25) is 0 Å². The van der Waals surface area contributed by atoms with Gasteiger partial charge in [0.25, 0.3) is 0 Å². The highest BCUT2D eigenvalue weighted by molar-refractivity contribution is 5.48. The topological polar surface area (TPSA) is 61.9 Å². The summed E-state index contributed by atoms with van der Waals surface area (Å²) in [6, 6.07) is 10.6. The Bertz CT molecular complexity index is 1020. The number of ether oxygens (including phenoxy) is 1. The van der Waals surface area contributed by atoms with E-state index in [1.54, 1.807) is 19.2 Å². The van der Waals surface area contributed by atoms with Crippen molar-refractivity contribution < 1.29 is 9.13 Å². The number of halogens is 1. The number of hydrogen-bond acceptors (Lipinski definition) is 4. The lowest BCUT2D eigenvalue weighted by Crippen LogP contribution is -2.23. The van der Waals surface area contributed by atoms with Gasteiger partial charge in [-0.25, -0.2) is 9.18 Å². The SMILES string of the molecule is Cc1ccc(OCc2c(C3CC3)cccc2-n2nnn(C)c2=O)c(F)c1. The van der Waals surface area contributed by atoms with Crippen LogP contribution in [0.5, 0.6) is 5.75 Å². The van der Waals surface area contributed by atoms with Crippen molar-refractivity contribution >= 4 is 0 Å². The minimum Gasteiger partial charge on any atom is -0.486 e. The van der Waals surface area contributed by atoms with E-state index in [0.717, 1.165) is 29.5 Å². The first kappa shape index (κ1) is 16.5. The quantitative estimate of drug-likeness (QED) is 0.707. The second-order valence-electron chi connectivity index (χ2n) is 6.64. The summed E-state index contributed by atoms with van der Waals surface area (Å²) in [5.41, 5.74) is 3.09. The second-order valence-corrected chi connectivity index (χ2v) is 6.64. The van der Waals surface area contributed by atoms with Crippen LogP contribution in [0, 0.1) is 12.7 Å². The third-order valence-corrected chi connectivity index (χ3v) is 4.61. The molecule has 4 rings (SSSR count). The Morgan fingerprint density at radius 3 is 2.69 bits per heavy atom. The van der Waals surface area contributed by atoms with Crippen LogP contribution in [0.3, 0.4) is 0 Å². The summed E-state index contributed by atoms with van der Waals surface area (Å²) < 4.78 is 22.3. The molecular formula is C19H19FN4O2. The molecule has 0 amide bonds. The van der Waals surface area contributed by atoms with E-state index in [2.05, 4.69) is 10.4 Å². The molecule has 1 saturated carbocycles. The highest BCUT2D eigenvalue weighted by Crippen LogP contribution is 2.43. The molecule has 6 nitrogen and oxygen atoms in total. The predicted molar refractivity (Wildman–Crippen MR) is 94.0 cm³/mol. The molecule has 2 aromatic carbocycles. The van der Waals surface area contributed by atoms with Gasteiger partial charge >= 0.3 is 5.69 Å². The van der Waals surface area contributed by atoms with Crippen molar-refractivity contribution in [2.75, 3.05) is 0 Å². The van der Waals surface area contributed by atoms with Gasteiger partial charge in [-0.05, 0) is 65.4 Å². The van der Waals surface area contributed by atoms with Crippen molar-refractivity contribution in [1.82, 2.24) is 19.8 Å². The average molecular weight is 354 g/mol. The molecule has 1 heterocycles. The second kappa shape index (κ2) is 6.40. The van der Waals surface area contributed by atoms with Crippen LogP contribution in [-0.4, -0.2) is 19.8 Å². The summed E-state index contributed by atoms with van der Waals surface area (Å²) in [5.74, 6) is 0.245. The van der Waals surface area contributed by atoms with Gasteiger partial charge in [0, 0.05) is 12.6 Å². The Labute approximate surface area is 149 Å². The minimum absolute atomic E-state index is 0.158. The maximum Gasteiger partial charge on any atom is 0.368 e. The molecule has 0 radical (unpaired) electrons. The number of aromatic nitrogens is 4. The fraction of sp³-hybridized carbons (Fsp3) is 0.316. The summed E-state index contributed by atoms with van der Waals surface area (Å²) in [6.45, 7) is 1.98. The molecule has 26 heavy (non-hydrogen) atoms. The summed E-state index contributed by atoms with van der Waals surface area (Å²) in [7, 11) is 1.55. The summed E-state index contributed by atoms with van der Waals surface area (Å²) >= 11 is 0. The lowest BCUT2D eigenvalue weighted by molar-refractivity contribution is 0.288. The van der Waals surface area contributed by atoms with Crippen LogP contribution in [0.15, 0.2) is 41.2 Å². The molecule has 7 heteroatoms. The first-order valence-corrected chi connectivity index (χ1v) is 8.54. The van der Waals surface area contributed by atoms with E-state index >= 15 is 0 Å². The van der Waals surface area contributed by atoms with E-state index in [1.165, 1.54) is 15.4 Å². The van der Waals surface area contributed by atoms with Crippen molar-refractivity contribution in [3.63, 3.8) is 0 Å². The van der Waals surface area contributed by atoms with Gasteiger partial charge in [-0.1, -0.05) is 18.2 Å². The molecule has 0 spiro atoms. The molecule has 0 aliphatic heterocycles. The van der Waals surface area contributed by atoms with Crippen LogP contribution < -0.4 is 10.4 Å². The molecule has 0 bridgehead atoms. The molecule has 1 aliphatic carbocycles. The maximum atomic E-state index is 14.1. The molecule has 0 atom stereocenters. The monoisotopic (exact) mass is 354 g/mol. The van der Waals surface area contributed by atoms with Crippen LogP contribution in [-0.2, 0) is 13.7 Å². The molecule has 3 aromatic rings. The number of rotatable bonds is 5. The molecule has 1 aliphatic rings. The third-order valence-electron chi connectivity index (χ3n) is 4.61. The van der Waals surface area contributed by atoms with E-state index in [0.29, 0.717) is 11.6 Å². The predicted octanol–water partition coefficient (Wildman–Crippen LogP) is 2.87. The van der Waals surface area contributed by atoms with Crippen LogP contribution >= 0.6 is 0 Å². The van der Waals surface area contributed by atoms with Crippen molar-refractivity contribution in [3.05, 3.63) is 69.4 Å². The van der Waals surface area contributed by atoms with E-state index in [9.17, 15) is 9.18 Å². The van der Waals surface area contributed by atoms with Crippen LogP contribution in [0.25, 0.3) is 5.69 Å². The lowest BCUT2D eigenvalue weighted by atomic mass is 10.0.